The van der Waals surface area contributed by atoms with Gasteiger partial charge in [-0.25, -0.2) is 15.0 Å². The molecule has 0 fully saturated rings. The molecule has 0 aliphatic carbocycles. The van der Waals surface area contributed by atoms with E-state index in [1.54, 1.807) is 22.0 Å². The van der Waals surface area contributed by atoms with E-state index in [1.165, 1.54) is 11.8 Å². The molecule has 5 aromatic rings. The molecule has 0 amide bonds. The van der Waals surface area contributed by atoms with Crippen LogP contribution < -0.4 is 5.56 Å². The molecule has 5 rings (SSSR count). The fraction of sp³-hybridized carbons (Fsp3) is 0.167. The number of hydrogen-bond acceptors (Lipinski definition) is 6. The molecule has 0 saturated heterocycles. The maximum Gasteiger partial charge on any atom is 0.263 e. The summed E-state index contributed by atoms with van der Waals surface area (Å²) in [6.07, 6.45) is 3.72. The molecular weight excluding hydrogens is 438 g/mol. The van der Waals surface area contributed by atoms with Crippen molar-refractivity contribution in [2.24, 2.45) is 0 Å². The molecule has 0 N–H and O–H groups in total. The molecule has 160 valence electrons. The predicted octanol–water partition coefficient (Wildman–Crippen LogP) is 5.26. The summed E-state index contributed by atoms with van der Waals surface area (Å²) in [5.74, 6) is 1.28. The summed E-state index contributed by atoms with van der Waals surface area (Å²) in [6, 6.07) is 14.0. The highest BCUT2D eigenvalue weighted by Gasteiger charge is 2.16. The van der Waals surface area contributed by atoms with Crippen molar-refractivity contribution in [3.05, 3.63) is 88.8 Å². The largest absolute Gasteiger partial charge is 0.288 e. The minimum absolute atomic E-state index is 0.0426. The maximum absolute atomic E-state index is 13.3. The van der Waals surface area contributed by atoms with Crippen molar-refractivity contribution in [1.29, 1.82) is 0 Å². The van der Waals surface area contributed by atoms with Gasteiger partial charge < -0.3 is 0 Å². The Bertz CT molecular complexity index is 1510. The van der Waals surface area contributed by atoms with Crippen LogP contribution in [0.15, 0.2) is 71.3 Å². The van der Waals surface area contributed by atoms with Crippen molar-refractivity contribution in [3.63, 3.8) is 0 Å². The molecule has 4 heterocycles. The van der Waals surface area contributed by atoms with Gasteiger partial charge in [0.2, 0.25) is 5.78 Å². The Morgan fingerprint density at radius 3 is 2.72 bits per heavy atom. The lowest BCUT2D eigenvalue weighted by molar-refractivity contribution is 0.672. The second kappa shape index (κ2) is 8.37. The van der Waals surface area contributed by atoms with Crippen LogP contribution in [0.3, 0.4) is 0 Å². The van der Waals surface area contributed by atoms with Crippen molar-refractivity contribution in [3.8, 4) is 10.4 Å². The van der Waals surface area contributed by atoms with E-state index in [0.717, 1.165) is 32.4 Å². The summed E-state index contributed by atoms with van der Waals surface area (Å²) in [5, 5.41) is 1.31. The van der Waals surface area contributed by atoms with Gasteiger partial charge in [-0.3, -0.25) is 13.8 Å². The Morgan fingerprint density at radius 1 is 1.12 bits per heavy atom. The van der Waals surface area contributed by atoms with Gasteiger partial charge in [-0.1, -0.05) is 48.2 Å². The van der Waals surface area contributed by atoms with Gasteiger partial charge in [-0.05, 0) is 31.5 Å². The Balaban J connectivity index is 1.52. The van der Waals surface area contributed by atoms with Crippen molar-refractivity contribution in [2.75, 3.05) is 0 Å². The summed E-state index contributed by atoms with van der Waals surface area (Å²) in [6.45, 7) is 8.23. The van der Waals surface area contributed by atoms with Crippen LogP contribution in [0.4, 0.5) is 0 Å². The molecule has 8 heteroatoms. The zero-order chi connectivity index (χ0) is 22.2. The summed E-state index contributed by atoms with van der Waals surface area (Å²) < 4.78 is 3.67. The number of rotatable bonds is 6. The first kappa shape index (κ1) is 20.7. The number of thioether (sulfide) groups is 1. The van der Waals surface area contributed by atoms with E-state index in [9.17, 15) is 4.79 Å². The van der Waals surface area contributed by atoms with Gasteiger partial charge in [0, 0.05) is 34.8 Å². The Labute approximate surface area is 193 Å². The second-order valence-corrected chi connectivity index (χ2v) is 9.50. The van der Waals surface area contributed by atoms with Crippen LogP contribution in [0.5, 0.6) is 0 Å². The fourth-order valence-electron chi connectivity index (χ4n) is 3.67. The molecular formula is C24H21N5OS2. The summed E-state index contributed by atoms with van der Waals surface area (Å²) in [4.78, 5) is 29.0. The number of nitrogens with zero attached hydrogens (tertiary/aromatic N) is 5. The number of fused-ring (bicyclic) bond motifs is 2. The molecule has 0 atom stereocenters. The predicted molar refractivity (Wildman–Crippen MR) is 132 cm³/mol. The van der Waals surface area contributed by atoms with Crippen LogP contribution in [0, 0.1) is 13.8 Å². The van der Waals surface area contributed by atoms with Gasteiger partial charge in [0.25, 0.3) is 5.56 Å². The molecule has 1 aromatic carbocycles. The highest BCUT2D eigenvalue weighted by Crippen LogP contribution is 2.32. The van der Waals surface area contributed by atoms with Crippen molar-refractivity contribution < 1.29 is 0 Å². The first-order valence-corrected chi connectivity index (χ1v) is 12.0. The average Bonchev–Trinajstić information content (AvgIpc) is 3.39. The van der Waals surface area contributed by atoms with E-state index >= 15 is 0 Å². The van der Waals surface area contributed by atoms with E-state index in [0.29, 0.717) is 28.6 Å². The summed E-state index contributed by atoms with van der Waals surface area (Å²) >= 11 is 3.05. The van der Waals surface area contributed by atoms with E-state index < -0.39 is 0 Å². The highest BCUT2D eigenvalue weighted by atomic mass is 32.2. The van der Waals surface area contributed by atoms with E-state index in [2.05, 4.69) is 16.5 Å². The lowest BCUT2D eigenvalue weighted by Crippen LogP contribution is -2.22. The number of hydrogen-bond donors (Lipinski definition) is 0. The third-order valence-corrected chi connectivity index (χ3v) is 7.23. The smallest absolute Gasteiger partial charge is 0.263 e. The number of thiophene rings is 1. The minimum atomic E-state index is -0.0426. The number of aromatic nitrogens is 5. The fourth-order valence-corrected chi connectivity index (χ4v) is 5.64. The number of imidazole rings is 1. The highest BCUT2D eigenvalue weighted by molar-refractivity contribution is 7.98. The van der Waals surface area contributed by atoms with Crippen LogP contribution >= 0.6 is 23.1 Å². The average molecular weight is 460 g/mol. The summed E-state index contributed by atoms with van der Waals surface area (Å²) in [7, 11) is 0. The van der Waals surface area contributed by atoms with Crippen molar-refractivity contribution in [1.82, 2.24) is 23.9 Å². The van der Waals surface area contributed by atoms with Gasteiger partial charge in [0.05, 0.1) is 11.1 Å². The topological polar surface area (TPSA) is 65.1 Å². The van der Waals surface area contributed by atoms with Gasteiger partial charge in [0.15, 0.2) is 5.16 Å². The molecule has 32 heavy (non-hydrogen) atoms. The van der Waals surface area contributed by atoms with Gasteiger partial charge in [-0.2, -0.15) is 0 Å². The number of allylic oxidation sites excluding steroid dienone is 1. The lowest BCUT2D eigenvalue weighted by atomic mass is 10.2. The Kier molecular flexibility index (Phi) is 5.40. The van der Waals surface area contributed by atoms with E-state index in [4.69, 9.17) is 4.98 Å². The van der Waals surface area contributed by atoms with Crippen LogP contribution in [0.1, 0.15) is 17.1 Å². The van der Waals surface area contributed by atoms with Crippen LogP contribution in [-0.4, -0.2) is 23.9 Å². The normalized spacial score (nSPS) is 11.4. The minimum Gasteiger partial charge on any atom is -0.288 e. The Morgan fingerprint density at radius 2 is 1.94 bits per heavy atom. The summed E-state index contributed by atoms with van der Waals surface area (Å²) in [5.41, 5.74) is 3.97. The molecule has 0 radical (unpaired) electrons. The standard InChI is InChI=1S/C24H21N5OS2/c1-4-10-28-22(30)19-12-20(17-8-6-5-7-9-17)32-21(19)27-24(28)31-14-18-13-29-16(3)11-15(2)25-23(29)26-18/h4-9,11-13H,1,10,14H2,2-3H3. The zero-order valence-corrected chi connectivity index (χ0v) is 19.4. The molecule has 4 aromatic heterocycles. The Hall–Kier alpha value is -3.23. The van der Waals surface area contributed by atoms with E-state index in [-0.39, 0.29) is 5.56 Å². The first-order valence-electron chi connectivity index (χ1n) is 10.2. The van der Waals surface area contributed by atoms with Gasteiger partial charge >= 0.3 is 0 Å². The molecule has 0 spiro atoms. The second-order valence-electron chi connectivity index (χ2n) is 7.52. The maximum atomic E-state index is 13.3. The van der Waals surface area contributed by atoms with Gasteiger partial charge in [0.1, 0.15) is 4.83 Å². The lowest BCUT2D eigenvalue weighted by Gasteiger charge is -2.09. The number of benzene rings is 1. The molecule has 6 nitrogen and oxygen atoms in total. The number of aryl methyl sites for hydroxylation is 2. The third-order valence-electron chi connectivity index (χ3n) is 5.15. The van der Waals surface area contributed by atoms with Crippen molar-refractivity contribution in [2.45, 2.75) is 31.3 Å². The zero-order valence-electron chi connectivity index (χ0n) is 17.8. The monoisotopic (exact) mass is 459 g/mol. The van der Waals surface area contributed by atoms with Gasteiger partial charge in [-0.15, -0.1) is 17.9 Å². The van der Waals surface area contributed by atoms with Crippen molar-refractivity contribution >= 4 is 39.1 Å². The molecule has 0 bridgehead atoms. The molecule has 0 unspecified atom stereocenters. The van der Waals surface area contributed by atoms with Crippen LogP contribution in [0.25, 0.3) is 26.4 Å². The molecule has 0 aliphatic heterocycles. The molecule has 0 aliphatic rings. The van der Waals surface area contributed by atoms with E-state index in [1.807, 2.05) is 66.9 Å². The van der Waals surface area contributed by atoms with Crippen LogP contribution in [-0.2, 0) is 12.3 Å². The molecule has 0 saturated carbocycles. The van der Waals surface area contributed by atoms with Crippen LogP contribution in [0.2, 0.25) is 0 Å². The first-order chi connectivity index (χ1) is 15.5. The third kappa shape index (κ3) is 3.76. The SMILES string of the molecule is C=CCn1c(SCc2cn3c(C)cc(C)nc3n2)nc2sc(-c3ccccc3)cc2c1=O. The quantitative estimate of drug-likeness (QED) is 0.197.